The third kappa shape index (κ3) is 4.23. The predicted molar refractivity (Wildman–Crippen MR) is 105 cm³/mol. The normalized spacial score (nSPS) is 16.9. The van der Waals surface area contributed by atoms with Gasteiger partial charge in [-0.05, 0) is 37.2 Å². The first-order valence-corrected chi connectivity index (χ1v) is 9.01. The number of ether oxygens (including phenoxy) is 1. The molecule has 1 atom stereocenters. The Morgan fingerprint density at radius 2 is 1.77 bits per heavy atom. The van der Waals surface area contributed by atoms with Crippen LogP contribution >= 0.6 is 0 Å². The fourth-order valence-electron chi connectivity index (χ4n) is 3.36. The largest absolute Gasteiger partial charge is 0.495 e. The van der Waals surface area contributed by atoms with Gasteiger partial charge in [-0.25, -0.2) is 0 Å². The Morgan fingerprint density at radius 3 is 2.42 bits per heavy atom. The molecule has 1 aliphatic rings. The molecule has 1 aliphatic heterocycles. The van der Waals surface area contributed by atoms with Crippen molar-refractivity contribution in [2.24, 2.45) is 0 Å². The molecule has 1 heterocycles. The fourth-order valence-corrected chi connectivity index (χ4v) is 3.36. The molecule has 2 aromatic carbocycles. The third-order valence-corrected chi connectivity index (χ3v) is 4.88. The number of rotatable bonds is 5. The maximum absolute atomic E-state index is 13.3. The molecule has 0 bridgehead atoms. The van der Waals surface area contributed by atoms with Crippen LogP contribution in [0.3, 0.4) is 0 Å². The summed E-state index contributed by atoms with van der Waals surface area (Å²) in [5.74, 6) is 0.652. The number of methoxy groups -OCH3 is 1. The lowest BCUT2D eigenvalue weighted by atomic mass is 10.0. The van der Waals surface area contributed by atoms with Crippen molar-refractivity contribution in [2.75, 3.05) is 45.7 Å². The Morgan fingerprint density at radius 1 is 1.08 bits per heavy atom. The molecule has 0 spiro atoms. The van der Waals surface area contributed by atoms with E-state index in [2.05, 4.69) is 22.2 Å². The van der Waals surface area contributed by atoms with Crippen molar-refractivity contribution in [2.45, 2.75) is 13.0 Å². The quantitative estimate of drug-likeness (QED) is 0.898. The third-order valence-electron chi connectivity index (χ3n) is 4.88. The van der Waals surface area contributed by atoms with Gasteiger partial charge in [-0.3, -0.25) is 9.69 Å². The second-order valence-corrected chi connectivity index (χ2v) is 6.85. The van der Waals surface area contributed by atoms with Crippen LogP contribution in [0.15, 0.2) is 48.5 Å². The first-order chi connectivity index (χ1) is 12.6. The summed E-state index contributed by atoms with van der Waals surface area (Å²) in [7, 11) is 3.74. The SMILES string of the molecule is COc1ccc(C)cc1NC(=O)[C@@H](c1ccccc1)N1CCN(C)CC1. The van der Waals surface area contributed by atoms with Crippen LogP contribution in [0.5, 0.6) is 5.75 Å². The Kier molecular flexibility index (Phi) is 5.91. The Labute approximate surface area is 155 Å². The van der Waals surface area contributed by atoms with Gasteiger partial charge in [0.25, 0.3) is 0 Å². The lowest BCUT2D eigenvalue weighted by Gasteiger charge is -2.37. The highest BCUT2D eigenvalue weighted by atomic mass is 16.5. The van der Waals surface area contributed by atoms with Crippen molar-refractivity contribution < 1.29 is 9.53 Å². The van der Waals surface area contributed by atoms with Gasteiger partial charge in [-0.1, -0.05) is 36.4 Å². The lowest BCUT2D eigenvalue weighted by molar-refractivity contribution is -0.122. The molecule has 5 nitrogen and oxygen atoms in total. The molecule has 3 rings (SSSR count). The number of nitrogens with one attached hydrogen (secondary N) is 1. The summed E-state index contributed by atoms with van der Waals surface area (Å²) >= 11 is 0. The number of aryl methyl sites for hydroxylation is 1. The van der Waals surface area contributed by atoms with Crippen molar-refractivity contribution in [3.05, 3.63) is 59.7 Å². The molecule has 0 saturated carbocycles. The van der Waals surface area contributed by atoms with Crippen molar-refractivity contribution in [3.63, 3.8) is 0 Å². The Hall–Kier alpha value is -2.37. The molecule has 0 unspecified atom stereocenters. The summed E-state index contributed by atoms with van der Waals surface area (Å²) in [5.41, 5.74) is 2.81. The molecule has 2 aromatic rings. The maximum atomic E-state index is 13.3. The van der Waals surface area contributed by atoms with Crippen LogP contribution in [0.25, 0.3) is 0 Å². The van der Waals surface area contributed by atoms with Crippen LogP contribution in [0.4, 0.5) is 5.69 Å². The first kappa shape index (κ1) is 18.4. The maximum Gasteiger partial charge on any atom is 0.246 e. The van der Waals surface area contributed by atoms with E-state index < -0.39 is 0 Å². The van der Waals surface area contributed by atoms with Gasteiger partial charge in [0.1, 0.15) is 11.8 Å². The van der Waals surface area contributed by atoms with Crippen LogP contribution in [0.2, 0.25) is 0 Å². The highest BCUT2D eigenvalue weighted by Gasteiger charge is 2.30. The number of nitrogens with zero attached hydrogens (tertiary/aromatic N) is 2. The molecule has 0 aliphatic carbocycles. The van der Waals surface area contributed by atoms with Gasteiger partial charge in [0.2, 0.25) is 5.91 Å². The highest BCUT2D eigenvalue weighted by molar-refractivity contribution is 5.96. The van der Waals surface area contributed by atoms with Gasteiger partial charge in [-0.2, -0.15) is 0 Å². The summed E-state index contributed by atoms with van der Waals surface area (Å²) in [6, 6.07) is 15.5. The van der Waals surface area contributed by atoms with Crippen molar-refractivity contribution in [1.82, 2.24) is 9.80 Å². The minimum Gasteiger partial charge on any atom is -0.495 e. The van der Waals surface area contributed by atoms with Gasteiger partial charge in [0, 0.05) is 26.2 Å². The van der Waals surface area contributed by atoms with E-state index in [4.69, 9.17) is 4.74 Å². The molecule has 0 aromatic heterocycles. The zero-order chi connectivity index (χ0) is 18.5. The van der Waals surface area contributed by atoms with E-state index in [1.807, 2.05) is 55.5 Å². The molecular weight excluding hydrogens is 326 g/mol. The summed E-state index contributed by atoms with van der Waals surface area (Å²) in [4.78, 5) is 17.8. The molecule has 5 heteroatoms. The number of anilines is 1. The van der Waals surface area contributed by atoms with Gasteiger partial charge in [0.15, 0.2) is 0 Å². The van der Waals surface area contributed by atoms with Crippen LogP contribution in [0.1, 0.15) is 17.2 Å². The standard InChI is InChI=1S/C21H27N3O2/c1-16-9-10-19(26-3)18(15-16)22-21(25)20(17-7-5-4-6-8-17)24-13-11-23(2)12-14-24/h4-10,15,20H,11-14H2,1-3H3,(H,22,25)/t20-/m1/s1. The molecule has 138 valence electrons. The van der Waals surface area contributed by atoms with Crippen molar-refractivity contribution in [1.29, 1.82) is 0 Å². The molecule has 1 fully saturated rings. The number of amides is 1. The van der Waals surface area contributed by atoms with Gasteiger partial charge >= 0.3 is 0 Å². The molecular formula is C21H27N3O2. The number of hydrogen-bond acceptors (Lipinski definition) is 4. The second-order valence-electron chi connectivity index (χ2n) is 6.85. The topological polar surface area (TPSA) is 44.8 Å². The molecule has 26 heavy (non-hydrogen) atoms. The highest BCUT2D eigenvalue weighted by Crippen LogP contribution is 2.29. The van der Waals surface area contributed by atoms with E-state index in [0.717, 1.165) is 37.3 Å². The van der Waals surface area contributed by atoms with Gasteiger partial charge in [0.05, 0.1) is 12.8 Å². The second kappa shape index (κ2) is 8.34. The molecule has 1 amide bonds. The van der Waals surface area contributed by atoms with Gasteiger partial charge in [-0.15, -0.1) is 0 Å². The Balaban J connectivity index is 1.87. The number of piperazine rings is 1. The monoisotopic (exact) mass is 353 g/mol. The number of carbonyl (C=O) groups is 1. The number of likely N-dealkylation sites (N-methyl/N-ethyl adjacent to an activating group) is 1. The number of hydrogen-bond donors (Lipinski definition) is 1. The first-order valence-electron chi connectivity index (χ1n) is 9.01. The number of carbonyl (C=O) groups excluding carboxylic acids is 1. The lowest BCUT2D eigenvalue weighted by Crippen LogP contribution is -2.48. The minimum atomic E-state index is -0.310. The van der Waals surface area contributed by atoms with E-state index in [-0.39, 0.29) is 11.9 Å². The van der Waals surface area contributed by atoms with E-state index in [9.17, 15) is 4.79 Å². The predicted octanol–water partition coefficient (Wildman–Crippen LogP) is 2.93. The van der Waals surface area contributed by atoms with Gasteiger partial charge < -0.3 is 15.0 Å². The van der Waals surface area contributed by atoms with E-state index >= 15 is 0 Å². The van der Waals surface area contributed by atoms with E-state index in [0.29, 0.717) is 11.4 Å². The van der Waals surface area contributed by atoms with E-state index in [1.54, 1.807) is 7.11 Å². The van der Waals surface area contributed by atoms with Crippen molar-refractivity contribution >= 4 is 11.6 Å². The summed E-state index contributed by atoms with van der Waals surface area (Å²) in [6.45, 7) is 5.67. The fraction of sp³-hybridized carbons (Fsp3) is 0.381. The zero-order valence-corrected chi connectivity index (χ0v) is 15.7. The van der Waals surface area contributed by atoms with E-state index in [1.165, 1.54) is 0 Å². The van der Waals surface area contributed by atoms with Crippen LogP contribution in [-0.2, 0) is 4.79 Å². The molecule has 1 saturated heterocycles. The summed E-state index contributed by atoms with van der Waals surface area (Å²) in [5, 5.41) is 3.09. The smallest absolute Gasteiger partial charge is 0.246 e. The minimum absolute atomic E-state index is 0.0235. The van der Waals surface area contributed by atoms with Crippen LogP contribution < -0.4 is 10.1 Å². The molecule has 1 N–H and O–H groups in total. The number of benzene rings is 2. The van der Waals surface area contributed by atoms with Crippen LogP contribution in [0, 0.1) is 6.92 Å². The van der Waals surface area contributed by atoms with Crippen LogP contribution in [-0.4, -0.2) is 56.0 Å². The average Bonchev–Trinajstić information content (AvgIpc) is 2.65. The molecule has 0 radical (unpaired) electrons. The summed E-state index contributed by atoms with van der Waals surface area (Å²) < 4.78 is 5.41. The zero-order valence-electron chi connectivity index (χ0n) is 15.7. The van der Waals surface area contributed by atoms with Crippen molar-refractivity contribution in [3.8, 4) is 5.75 Å². The summed E-state index contributed by atoms with van der Waals surface area (Å²) in [6.07, 6.45) is 0. The Bertz CT molecular complexity index is 740. The average molecular weight is 353 g/mol.